The van der Waals surface area contributed by atoms with Crippen molar-refractivity contribution in [2.45, 2.75) is 38.6 Å². The SMILES string of the molecule is Cc1ccc(NC(=O)C[C@@H]2CCC[C@H]2N)c2[nH]ncc12. The minimum Gasteiger partial charge on any atom is -0.327 e. The molecule has 0 bridgehead atoms. The Kier molecular flexibility index (Phi) is 3.44. The smallest absolute Gasteiger partial charge is 0.224 e. The van der Waals surface area contributed by atoms with Crippen LogP contribution in [0.15, 0.2) is 18.3 Å². The maximum Gasteiger partial charge on any atom is 0.224 e. The van der Waals surface area contributed by atoms with Gasteiger partial charge in [-0.2, -0.15) is 5.10 Å². The second kappa shape index (κ2) is 5.25. The third kappa shape index (κ3) is 2.41. The number of amides is 1. The maximum atomic E-state index is 12.2. The average molecular weight is 272 g/mol. The number of fused-ring (bicyclic) bond motifs is 1. The molecule has 2 atom stereocenters. The van der Waals surface area contributed by atoms with E-state index in [-0.39, 0.29) is 11.9 Å². The number of aromatic amines is 1. The highest BCUT2D eigenvalue weighted by Crippen LogP contribution is 2.28. The number of H-pyrrole nitrogens is 1. The summed E-state index contributed by atoms with van der Waals surface area (Å²) in [4.78, 5) is 12.2. The van der Waals surface area contributed by atoms with Gasteiger partial charge in [0.15, 0.2) is 0 Å². The van der Waals surface area contributed by atoms with Crippen LogP contribution in [0.2, 0.25) is 0 Å². The molecule has 3 rings (SSSR count). The van der Waals surface area contributed by atoms with Crippen molar-refractivity contribution in [3.05, 3.63) is 23.9 Å². The molecule has 4 N–H and O–H groups in total. The lowest BCUT2D eigenvalue weighted by Gasteiger charge is -2.15. The normalized spacial score (nSPS) is 22.3. The van der Waals surface area contributed by atoms with Crippen LogP contribution in [0.1, 0.15) is 31.2 Å². The molecule has 0 saturated heterocycles. The number of rotatable bonds is 3. The van der Waals surface area contributed by atoms with Gasteiger partial charge in [-0.05, 0) is 37.3 Å². The lowest BCUT2D eigenvalue weighted by molar-refractivity contribution is -0.117. The number of hydrogen-bond acceptors (Lipinski definition) is 3. The zero-order valence-corrected chi connectivity index (χ0v) is 11.6. The Labute approximate surface area is 117 Å². The van der Waals surface area contributed by atoms with Crippen LogP contribution in [-0.4, -0.2) is 22.1 Å². The number of carbonyl (C=O) groups excluding carboxylic acids is 1. The molecule has 20 heavy (non-hydrogen) atoms. The molecule has 5 heteroatoms. The van der Waals surface area contributed by atoms with Gasteiger partial charge in [0.1, 0.15) is 0 Å². The standard InChI is InChI=1S/C15H20N4O/c1-9-5-6-13(15-11(9)8-17-19-15)18-14(20)7-10-3-2-4-12(10)16/h5-6,8,10,12H,2-4,7,16H2,1H3,(H,17,19)(H,18,20)/t10-,12+/m0/s1. The molecule has 0 aliphatic heterocycles. The molecule has 0 spiro atoms. The molecule has 1 saturated carbocycles. The minimum atomic E-state index is 0.0344. The Morgan fingerprint density at radius 1 is 1.50 bits per heavy atom. The fraction of sp³-hybridized carbons (Fsp3) is 0.467. The van der Waals surface area contributed by atoms with Crippen molar-refractivity contribution in [1.82, 2.24) is 10.2 Å². The summed E-state index contributed by atoms with van der Waals surface area (Å²) < 4.78 is 0. The van der Waals surface area contributed by atoms with E-state index in [1.165, 1.54) is 0 Å². The minimum absolute atomic E-state index is 0.0344. The monoisotopic (exact) mass is 272 g/mol. The number of aryl methyl sites for hydroxylation is 1. The van der Waals surface area contributed by atoms with Crippen molar-refractivity contribution in [2.75, 3.05) is 5.32 Å². The number of benzene rings is 1. The summed E-state index contributed by atoms with van der Waals surface area (Å²) >= 11 is 0. The molecule has 106 valence electrons. The molecule has 1 fully saturated rings. The van der Waals surface area contributed by atoms with Crippen molar-refractivity contribution in [2.24, 2.45) is 11.7 Å². The van der Waals surface area contributed by atoms with Crippen LogP contribution in [0.4, 0.5) is 5.69 Å². The summed E-state index contributed by atoms with van der Waals surface area (Å²) in [5, 5.41) is 11.0. The summed E-state index contributed by atoms with van der Waals surface area (Å²) in [6.45, 7) is 2.03. The van der Waals surface area contributed by atoms with Gasteiger partial charge in [-0.1, -0.05) is 12.5 Å². The van der Waals surface area contributed by atoms with E-state index >= 15 is 0 Å². The Hall–Kier alpha value is -1.88. The second-order valence-electron chi connectivity index (χ2n) is 5.70. The van der Waals surface area contributed by atoms with Gasteiger partial charge in [-0.25, -0.2) is 0 Å². The Bertz CT molecular complexity index is 634. The number of anilines is 1. The van der Waals surface area contributed by atoms with Crippen molar-refractivity contribution in [3.8, 4) is 0 Å². The maximum absolute atomic E-state index is 12.2. The molecule has 1 aromatic heterocycles. The summed E-state index contributed by atoms with van der Waals surface area (Å²) in [5.74, 6) is 0.352. The zero-order valence-electron chi connectivity index (χ0n) is 11.6. The average Bonchev–Trinajstić information content (AvgIpc) is 3.04. The molecule has 0 unspecified atom stereocenters. The first-order chi connectivity index (χ1) is 9.65. The molecule has 0 radical (unpaired) electrons. The van der Waals surface area contributed by atoms with Crippen LogP contribution in [0.3, 0.4) is 0 Å². The van der Waals surface area contributed by atoms with Gasteiger partial charge in [-0.15, -0.1) is 0 Å². The summed E-state index contributed by atoms with van der Waals surface area (Å²) in [7, 11) is 0. The van der Waals surface area contributed by atoms with E-state index in [0.29, 0.717) is 12.3 Å². The predicted octanol–water partition coefficient (Wildman–Crippen LogP) is 2.33. The van der Waals surface area contributed by atoms with E-state index in [1.807, 2.05) is 19.1 Å². The van der Waals surface area contributed by atoms with Crippen molar-refractivity contribution < 1.29 is 4.79 Å². The molecule has 1 aliphatic carbocycles. The fourth-order valence-electron chi connectivity index (χ4n) is 3.03. The van der Waals surface area contributed by atoms with Crippen LogP contribution in [0.25, 0.3) is 10.9 Å². The Morgan fingerprint density at radius 2 is 2.35 bits per heavy atom. The second-order valence-corrected chi connectivity index (χ2v) is 5.70. The van der Waals surface area contributed by atoms with Gasteiger partial charge in [-0.3, -0.25) is 9.89 Å². The van der Waals surface area contributed by atoms with E-state index in [2.05, 4.69) is 15.5 Å². The largest absolute Gasteiger partial charge is 0.327 e. The van der Waals surface area contributed by atoms with Crippen LogP contribution in [0, 0.1) is 12.8 Å². The zero-order chi connectivity index (χ0) is 14.1. The van der Waals surface area contributed by atoms with Gasteiger partial charge < -0.3 is 11.1 Å². The molecule has 2 aromatic rings. The van der Waals surface area contributed by atoms with Crippen molar-refractivity contribution >= 4 is 22.5 Å². The van der Waals surface area contributed by atoms with E-state index in [1.54, 1.807) is 6.20 Å². The van der Waals surface area contributed by atoms with Gasteiger partial charge in [0.05, 0.1) is 17.4 Å². The van der Waals surface area contributed by atoms with Crippen molar-refractivity contribution in [1.29, 1.82) is 0 Å². The number of hydrogen-bond donors (Lipinski definition) is 3. The molecule has 5 nitrogen and oxygen atoms in total. The molecular formula is C15H20N4O. The fourth-order valence-corrected chi connectivity index (χ4v) is 3.03. The van der Waals surface area contributed by atoms with E-state index in [0.717, 1.165) is 41.4 Å². The Morgan fingerprint density at radius 3 is 3.10 bits per heavy atom. The highest BCUT2D eigenvalue weighted by molar-refractivity contribution is 6.01. The first-order valence-corrected chi connectivity index (χ1v) is 7.13. The van der Waals surface area contributed by atoms with Crippen LogP contribution >= 0.6 is 0 Å². The van der Waals surface area contributed by atoms with Gasteiger partial charge in [0.2, 0.25) is 5.91 Å². The van der Waals surface area contributed by atoms with Crippen LogP contribution in [0.5, 0.6) is 0 Å². The molecule has 1 aromatic carbocycles. The quantitative estimate of drug-likeness (QED) is 0.801. The van der Waals surface area contributed by atoms with Crippen LogP contribution < -0.4 is 11.1 Å². The number of nitrogens with one attached hydrogen (secondary N) is 2. The van der Waals surface area contributed by atoms with Gasteiger partial charge in [0, 0.05) is 17.8 Å². The third-order valence-electron chi connectivity index (χ3n) is 4.27. The number of carbonyl (C=O) groups is 1. The summed E-state index contributed by atoms with van der Waals surface area (Å²) in [6, 6.07) is 4.09. The van der Waals surface area contributed by atoms with E-state index in [9.17, 15) is 4.79 Å². The summed E-state index contributed by atoms with van der Waals surface area (Å²) in [5.41, 5.74) is 8.84. The first kappa shape index (κ1) is 13.1. The molecule has 1 amide bonds. The van der Waals surface area contributed by atoms with Crippen molar-refractivity contribution in [3.63, 3.8) is 0 Å². The highest BCUT2D eigenvalue weighted by atomic mass is 16.1. The van der Waals surface area contributed by atoms with E-state index < -0.39 is 0 Å². The van der Waals surface area contributed by atoms with E-state index in [4.69, 9.17) is 5.73 Å². The Balaban J connectivity index is 1.74. The molecule has 1 aliphatic rings. The van der Waals surface area contributed by atoms with Gasteiger partial charge >= 0.3 is 0 Å². The predicted molar refractivity (Wildman–Crippen MR) is 79.4 cm³/mol. The number of nitrogens with zero attached hydrogens (tertiary/aromatic N) is 1. The molecule has 1 heterocycles. The number of aromatic nitrogens is 2. The topological polar surface area (TPSA) is 83.8 Å². The lowest BCUT2D eigenvalue weighted by atomic mass is 10.00. The first-order valence-electron chi connectivity index (χ1n) is 7.13. The molecular weight excluding hydrogens is 252 g/mol. The summed E-state index contributed by atoms with van der Waals surface area (Å²) in [6.07, 6.45) is 5.52. The van der Waals surface area contributed by atoms with Gasteiger partial charge in [0.25, 0.3) is 0 Å². The van der Waals surface area contributed by atoms with Crippen LogP contribution in [-0.2, 0) is 4.79 Å². The third-order valence-corrected chi connectivity index (χ3v) is 4.27. The lowest BCUT2D eigenvalue weighted by Crippen LogP contribution is -2.28. The number of nitrogens with two attached hydrogens (primary N) is 1. The highest BCUT2D eigenvalue weighted by Gasteiger charge is 2.26.